The van der Waals surface area contributed by atoms with Gasteiger partial charge in [0.15, 0.2) is 0 Å². The second-order valence-corrected chi connectivity index (χ2v) is 6.74. The lowest BCUT2D eigenvalue weighted by Gasteiger charge is -2.30. The SMILES string of the molecule is Cc1nc(C(=O)Nc2ccccc2N2CCOCC2)nn1-c1ccc([N+](=O)[O-])cc1. The van der Waals surface area contributed by atoms with E-state index in [9.17, 15) is 14.9 Å². The number of aromatic nitrogens is 3. The number of carbonyl (C=O) groups excluding carboxylic acids is 1. The fourth-order valence-electron chi connectivity index (χ4n) is 3.28. The molecule has 0 unspecified atom stereocenters. The Morgan fingerprint density at radius 3 is 2.53 bits per heavy atom. The highest BCUT2D eigenvalue weighted by Gasteiger charge is 2.19. The second-order valence-electron chi connectivity index (χ2n) is 6.74. The number of non-ortho nitro benzene ring substituents is 1. The van der Waals surface area contributed by atoms with Crippen LogP contribution in [0, 0.1) is 17.0 Å². The van der Waals surface area contributed by atoms with E-state index in [1.54, 1.807) is 19.1 Å². The number of nitro benzene ring substituents is 1. The fourth-order valence-corrected chi connectivity index (χ4v) is 3.28. The van der Waals surface area contributed by atoms with Gasteiger partial charge in [-0.3, -0.25) is 14.9 Å². The van der Waals surface area contributed by atoms with E-state index in [4.69, 9.17) is 4.74 Å². The lowest BCUT2D eigenvalue weighted by Crippen LogP contribution is -2.36. The summed E-state index contributed by atoms with van der Waals surface area (Å²) in [6, 6.07) is 13.5. The number of rotatable bonds is 5. The van der Waals surface area contributed by atoms with Gasteiger partial charge in [0.05, 0.1) is 35.2 Å². The number of anilines is 2. The predicted octanol–water partition coefficient (Wildman–Crippen LogP) is 2.57. The Morgan fingerprint density at radius 2 is 1.83 bits per heavy atom. The summed E-state index contributed by atoms with van der Waals surface area (Å²) >= 11 is 0. The molecule has 0 saturated carbocycles. The van der Waals surface area contributed by atoms with Gasteiger partial charge in [0.1, 0.15) is 5.82 Å². The maximum atomic E-state index is 12.8. The van der Waals surface area contributed by atoms with E-state index in [1.165, 1.54) is 16.8 Å². The zero-order chi connectivity index (χ0) is 21.1. The number of hydrogen-bond donors (Lipinski definition) is 1. The number of nitrogens with one attached hydrogen (secondary N) is 1. The first-order valence-corrected chi connectivity index (χ1v) is 9.44. The van der Waals surface area contributed by atoms with Crippen molar-refractivity contribution in [2.45, 2.75) is 6.92 Å². The average Bonchev–Trinajstić information content (AvgIpc) is 3.16. The number of morpholine rings is 1. The first kappa shape index (κ1) is 19.5. The molecule has 1 fully saturated rings. The third-order valence-electron chi connectivity index (χ3n) is 4.78. The van der Waals surface area contributed by atoms with Gasteiger partial charge >= 0.3 is 0 Å². The Labute approximate surface area is 172 Å². The first-order valence-electron chi connectivity index (χ1n) is 9.44. The van der Waals surface area contributed by atoms with E-state index >= 15 is 0 Å². The van der Waals surface area contributed by atoms with Crippen molar-refractivity contribution >= 4 is 23.0 Å². The molecule has 0 bridgehead atoms. The van der Waals surface area contributed by atoms with Crippen molar-refractivity contribution in [1.82, 2.24) is 14.8 Å². The second kappa shape index (κ2) is 8.29. The Bertz CT molecular complexity index is 1070. The Balaban J connectivity index is 1.55. The molecular formula is C20H20N6O4. The standard InChI is InChI=1S/C20H20N6O4/c1-14-21-19(23-25(14)15-6-8-16(9-7-15)26(28)29)20(27)22-17-4-2-3-5-18(17)24-10-12-30-13-11-24/h2-9H,10-13H2,1H3,(H,22,27). The summed E-state index contributed by atoms with van der Waals surface area (Å²) in [6.07, 6.45) is 0. The highest BCUT2D eigenvalue weighted by molar-refractivity contribution is 6.03. The third kappa shape index (κ3) is 3.98. The lowest BCUT2D eigenvalue weighted by molar-refractivity contribution is -0.384. The van der Waals surface area contributed by atoms with Gasteiger partial charge < -0.3 is 15.0 Å². The molecule has 0 spiro atoms. The van der Waals surface area contributed by atoms with E-state index in [2.05, 4.69) is 20.3 Å². The molecule has 1 amide bonds. The van der Waals surface area contributed by atoms with Crippen molar-refractivity contribution in [3.8, 4) is 5.69 Å². The molecule has 30 heavy (non-hydrogen) atoms. The minimum atomic E-state index is -0.469. The van der Waals surface area contributed by atoms with Gasteiger partial charge in [-0.2, -0.15) is 0 Å². The van der Waals surface area contributed by atoms with E-state index in [-0.39, 0.29) is 11.5 Å². The molecule has 1 aliphatic rings. The number of hydrogen-bond acceptors (Lipinski definition) is 7. The summed E-state index contributed by atoms with van der Waals surface area (Å²) < 4.78 is 6.88. The van der Waals surface area contributed by atoms with Gasteiger partial charge in [0, 0.05) is 25.2 Å². The fraction of sp³-hybridized carbons (Fsp3) is 0.250. The van der Waals surface area contributed by atoms with E-state index in [0.29, 0.717) is 30.4 Å². The van der Waals surface area contributed by atoms with Crippen molar-refractivity contribution in [2.75, 3.05) is 36.5 Å². The summed E-state index contributed by atoms with van der Waals surface area (Å²) in [4.78, 5) is 29.6. The van der Waals surface area contributed by atoms with Crippen LogP contribution in [-0.4, -0.2) is 51.9 Å². The van der Waals surface area contributed by atoms with Crippen LogP contribution in [0.2, 0.25) is 0 Å². The molecule has 1 aromatic heterocycles. The number of nitrogens with zero attached hydrogens (tertiary/aromatic N) is 5. The molecule has 0 atom stereocenters. The molecule has 3 aromatic rings. The van der Waals surface area contributed by atoms with Crippen LogP contribution in [0.25, 0.3) is 5.69 Å². The number of benzene rings is 2. The number of aryl methyl sites for hydroxylation is 1. The van der Waals surface area contributed by atoms with Crippen molar-refractivity contribution < 1.29 is 14.5 Å². The normalized spacial score (nSPS) is 13.8. The van der Waals surface area contributed by atoms with Gasteiger partial charge in [0.25, 0.3) is 11.6 Å². The largest absolute Gasteiger partial charge is 0.378 e. The maximum absolute atomic E-state index is 12.8. The maximum Gasteiger partial charge on any atom is 0.295 e. The summed E-state index contributed by atoms with van der Waals surface area (Å²) in [7, 11) is 0. The molecule has 1 N–H and O–H groups in total. The Hall–Kier alpha value is -3.79. The number of carbonyl (C=O) groups is 1. The molecule has 10 nitrogen and oxygen atoms in total. The minimum Gasteiger partial charge on any atom is -0.378 e. The molecular weight excluding hydrogens is 388 g/mol. The van der Waals surface area contributed by atoms with Crippen molar-refractivity contribution in [2.24, 2.45) is 0 Å². The topological polar surface area (TPSA) is 115 Å². The molecule has 4 rings (SSSR count). The molecule has 10 heteroatoms. The smallest absolute Gasteiger partial charge is 0.295 e. The summed E-state index contributed by atoms with van der Waals surface area (Å²) in [6.45, 7) is 4.50. The third-order valence-corrected chi connectivity index (χ3v) is 4.78. The van der Waals surface area contributed by atoms with Crippen LogP contribution in [0.5, 0.6) is 0 Å². The summed E-state index contributed by atoms with van der Waals surface area (Å²) in [5, 5.41) is 18.0. The monoisotopic (exact) mass is 408 g/mol. The minimum absolute atomic E-state index is 0.0163. The van der Waals surface area contributed by atoms with Gasteiger partial charge in [-0.05, 0) is 31.2 Å². The number of amides is 1. The predicted molar refractivity (Wildman–Crippen MR) is 110 cm³/mol. The number of ether oxygens (including phenoxy) is 1. The zero-order valence-corrected chi connectivity index (χ0v) is 16.3. The summed E-state index contributed by atoms with van der Waals surface area (Å²) in [5.74, 6) is 0.0811. The van der Waals surface area contributed by atoms with Crippen molar-refractivity contribution in [3.05, 3.63) is 70.3 Å². The van der Waals surface area contributed by atoms with Gasteiger partial charge in [-0.25, -0.2) is 9.67 Å². The van der Waals surface area contributed by atoms with E-state index in [1.807, 2.05) is 24.3 Å². The number of nitro groups is 1. The van der Waals surface area contributed by atoms with Gasteiger partial charge in [0.2, 0.25) is 5.82 Å². The van der Waals surface area contributed by atoms with Crippen LogP contribution in [0.15, 0.2) is 48.5 Å². The van der Waals surface area contributed by atoms with Crippen LogP contribution < -0.4 is 10.2 Å². The highest BCUT2D eigenvalue weighted by atomic mass is 16.6. The molecule has 1 aliphatic heterocycles. The molecule has 1 saturated heterocycles. The van der Waals surface area contributed by atoms with Crippen LogP contribution >= 0.6 is 0 Å². The van der Waals surface area contributed by atoms with E-state index in [0.717, 1.165) is 18.8 Å². The quantitative estimate of drug-likeness (QED) is 0.509. The molecule has 2 aromatic carbocycles. The lowest BCUT2D eigenvalue weighted by atomic mass is 10.2. The van der Waals surface area contributed by atoms with Gasteiger partial charge in [-0.1, -0.05) is 12.1 Å². The van der Waals surface area contributed by atoms with Crippen LogP contribution in [-0.2, 0) is 4.74 Å². The highest BCUT2D eigenvalue weighted by Crippen LogP contribution is 2.26. The van der Waals surface area contributed by atoms with Crippen LogP contribution in [0.3, 0.4) is 0 Å². The van der Waals surface area contributed by atoms with Crippen molar-refractivity contribution in [3.63, 3.8) is 0 Å². The Morgan fingerprint density at radius 1 is 1.13 bits per heavy atom. The molecule has 154 valence electrons. The number of para-hydroxylation sites is 2. The molecule has 0 aliphatic carbocycles. The van der Waals surface area contributed by atoms with Crippen LogP contribution in [0.4, 0.5) is 17.1 Å². The zero-order valence-electron chi connectivity index (χ0n) is 16.3. The average molecular weight is 408 g/mol. The molecule has 2 heterocycles. The summed E-state index contributed by atoms with van der Waals surface area (Å²) in [5.41, 5.74) is 2.15. The first-order chi connectivity index (χ1) is 14.5. The Kier molecular flexibility index (Phi) is 5.40. The van der Waals surface area contributed by atoms with Crippen LogP contribution in [0.1, 0.15) is 16.4 Å². The van der Waals surface area contributed by atoms with Gasteiger partial charge in [-0.15, -0.1) is 5.10 Å². The van der Waals surface area contributed by atoms with E-state index < -0.39 is 10.8 Å². The molecule has 0 radical (unpaired) electrons. The van der Waals surface area contributed by atoms with Crippen molar-refractivity contribution in [1.29, 1.82) is 0 Å².